The summed E-state index contributed by atoms with van der Waals surface area (Å²) in [5, 5.41) is 0. The van der Waals surface area contributed by atoms with Crippen molar-refractivity contribution in [2.75, 3.05) is 20.6 Å². The van der Waals surface area contributed by atoms with Gasteiger partial charge < -0.3 is 4.90 Å². The molecule has 1 aliphatic heterocycles. The van der Waals surface area contributed by atoms with Crippen LogP contribution < -0.4 is 0 Å². The lowest BCUT2D eigenvalue weighted by Crippen LogP contribution is -2.25. The van der Waals surface area contributed by atoms with Gasteiger partial charge in [0.1, 0.15) is 0 Å². The second-order valence-electron chi connectivity index (χ2n) is 5.95. The summed E-state index contributed by atoms with van der Waals surface area (Å²) >= 11 is 0. The summed E-state index contributed by atoms with van der Waals surface area (Å²) < 4.78 is 0. The lowest BCUT2D eigenvalue weighted by molar-refractivity contribution is 0.379. The van der Waals surface area contributed by atoms with Gasteiger partial charge in [-0.1, -0.05) is 54.6 Å². The molecule has 0 bridgehead atoms. The molecule has 1 unspecified atom stereocenters. The molecule has 0 spiro atoms. The summed E-state index contributed by atoms with van der Waals surface area (Å²) in [6, 6.07) is 19.6. The minimum Gasteiger partial charge on any atom is -0.309 e. The van der Waals surface area contributed by atoms with Crippen LogP contribution in [-0.4, -0.2) is 37.3 Å². The van der Waals surface area contributed by atoms with Crippen LogP contribution in [0.2, 0.25) is 0 Å². The van der Waals surface area contributed by atoms with Crippen molar-refractivity contribution in [3.05, 3.63) is 71.3 Å². The summed E-state index contributed by atoms with van der Waals surface area (Å²) in [6.07, 6.45) is 2.16. The Hall–Kier alpha value is -1.93. The Morgan fingerprint density at radius 3 is 2.48 bits per heavy atom. The molecule has 2 nitrogen and oxygen atoms in total. The van der Waals surface area contributed by atoms with Gasteiger partial charge in [-0.15, -0.1) is 0 Å². The van der Waals surface area contributed by atoms with Gasteiger partial charge in [-0.25, -0.2) is 0 Å². The smallest absolute Gasteiger partial charge is 0.0725 e. The van der Waals surface area contributed by atoms with Crippen molar-refractivity contribution in [3.63, 3.8) is 0 Å². The van der Waals surface area contributed by atoms with Crippen molar-refractivity contribution in [2.24, 2.45) is 4.99 Å². The van der Waals surface area contributed by atoms with E-state index in [0.717, 1.165) is 25.1 Å². The molecule has 1 aliphatic rings. The summed E-state index contributed by atoms with van der Waals surface area (Å²) in [5.41, 5.74) is 5.10. The van der Waals surface area contributed by atoms with Crippen LogP contribution >= 0.6 is 0 Å². The molecule has 21 heavy (non-hydrogen) atoms. The third-order valence-electron chi connectivity index (χ3n) is 4.00. The first-order valence-electron chi connectivity index (χ1n) is 7.60. The standard InChI is InChI=1S/C19H22N2/c1-21(2)13-12-17-14-16-10-6-7-11-18(16)19(20-17)15-8-4-3-5-9-15/h3-11,17H,12-14H2,1-2H3. The molecule has 0 radical (unpaired) electrons. The summed E-state index contributed by atoms with van der Waals surface area (Å²) in [6.45, 7) is 1.08. The molecular weight excluding hydrogens is 256 g/mol. The zero-order valence-electron chi connectivity index (χ0n) is 12.8. The number of benzene rings is 2. The van der Waals surface area contributed by atoms with E-state index in [1.54, 1.807) is 0 Å². The lowest BCUT2D eigenvalue weighted by Gasteiger charge is -2.24. The van der Waals surface area contributed by atoms with Gasteiger partial charge in [0.2, 0.25) is 0 Å². The molecule has 108 valence electrons. The van der Waals surface area contributed by atoms with Crippen molar-refractivity contribution in [2.45, 2.75) is 18.9 Å². The average Bonchev–Trinajstić information content (AvgIpc) is 2.53. The zero-order valence-corrected chi connectivity index (χ0v) is 12.8. The van der Waals surface area contributed by atoms with E-state index in [-0.39, 0.29) is 0 Å². The van der Waals surface area contributed by atoms with E-state index in [4.69, 9.17) is 4.99 Å². The Bertz CT molecular complexity index is 629. The van der Waals surface area contributed by atoms with Crippen LogP contribution in [0.1, 0.15) is 23.1 Å². The van der Waals surface area contributed by atoms with Crippen molar-refractivity contribution < 1.29 is 0 Å². The van der Waals surface area contributed by atoms with Crippen LogP contribution in [-0.2, 0) is 6.42 Å². The minimum atomic E-state index is 0.387. The molecule has 0 amide bonds. The molecular formula is C19H22N2. The molecule has 0 fully saturated rings. The van der Waals surface area contributed by atoms with Crippen LogP contribution in [0.15, 0.2) is 59.6 Å². The number of fused-ring (bicyclic) bond motifs is 1. The van der Waals surface area contributed by atoms with Crippen molar-refractivity contribution in [3.8, 4) is 0 Å². The number of rotatable bonds is 4. The summed E-state index contributed by atoms with van der Waals surface area (Å²) in [4.78, 5) is 7.29. The predicted molar refractivity (Wildman–Crippen MR) is 89.2 cm³/mol. The van der Waals surface area contributed by atoms with Gasteiger partial charge >= 0.3 is 0 Å². The minimum absolute atomic E-state index is 0.387. The molecule has 2 aromatic carbocycles. The van der Waals surface area contributed by atoms with Crippen LogP contribution in [0, 0.1) is 0 Å². The molecule has 0 aromatic heterocycles. The molecule has 1 heterocycles. The van der Waals surface area contributed by atoms with Gasteiger partial charge in [0.25, 0.3) is 0 Å². The average molecular weight is 278 g/mol. The van der Waals surface area contributed by atoms with Crippen molar-refractivity contribution in [1.29, 1.82) is 0 Å². The highest BCUT2D eigenvalue weighted by atomic mass is 15.1. The maximum Gasteiger partial charge on any atom is 0.0725 e. The maximum absolute atomic E-state index is 5.06. The normalized spacial score (nSPS) is 17.5. The monoisotopic (exact) mass is 278 g/mol. The molecule has 0 saturated carbocycles. The third-order valence-corrected chi connectivity index (χ3v) is 4.00. The Kier molecular flexibility index (Phi) is 4.16. The van der Waals surface area contributed by atoms with Crippen LogP contribution in [0.4, 0.5) is 0 Å². The Balaban J connectivity index is 1.96. The number of hydrogen-bond donors (Lipinski definition) is 0. The second kappa shape index (κ2) is 6.23. The quantitative estimate of drug-likeness (QED) is 0.837. The first kappa shape index (κ1) is 14.0. The first-order valence-corrected chi connectivity index (χ1v) is 7.60. The highest BCUT2D eigenvalue weighted by Crippen LogP contribution is 2.24. The summed E-state index contributed by atoms with van der Waals surface area (Å²) in [5.74, 6) is 0. The van der Waals surface area contributed by atoms with E-state index in [2.05, 4.69) is 73.6 Å². The first-order chi connectivity index (χ1) is 10.2. The van der Waals surface area contributed by atoms with E-state index in [1.807, 2.05) is 0 Å². The highest BCUT2D eigenvalue weighted by Gasteiger charge is 2.21. The van der Waals surface area contributed by atoms with Gasteiger partial charge in [0, 0.05) is 11.1 Å². The van der Waals surface area contributed by atoms with E-state index >= 15 is 0 Å². The van der Waals surface area contributed by atoms with E-state index in [9.17, 15) is 0 Å². The van der Waals surface area contributed by atoms with Gasteiger partial charge in [-0.05, 0) is 39.0 Å². The molecule has 0 N–H and O–H groups in total. The van der Waals surface area contributed by atoms with Gasteiger partial charge in [-0.3, -0.25) is 4.99 Å². The van der Waals surface area contributed by atoms with Gasteiger partial charge in [-0.2, -0.15) is 0 Å². The molecule has 0 saturated heterocycles. The number of nitrogens with zero attached hydrogens (tertiary/aromatic N) is 2. The molecule has 2 heteroatoms. The Labute approximate surface area is 127 Å². The topological polar surface area (TPSA) is 15.6 Å². The third kappa shape index (κ3) is 3.22. The SMILES string of the molecule is CN(C)CCC1Cc2ccccc2C(c2ccccc2)=N1. The van der Waals surface area contributed by atoms with Crippen LogP contribution in [0.3, 0.4) is 0 Å². The van der Waals surface area contributed by atoms with E-state index < -0.39 is 0 Å². The Morgan fingerprint density at radius 2 is 1.71 bits per heavy atom. The largest absolute Gasteiger partial charge is 0.309 e. The predicted octanol–water partition coefficient (Wildman–Crippen LogP) is 3.40. The van der Waals surface area contributed by atoms with E-state index in [0.29, 0.717) is 6.04 Å². The fraction of sp³-hybridized carbons (Fsp3) is 0.316. The molecule has 0 aliphatic carbocycles. The van der Waals surface area contributed by atoms with Gasteiger partial charge in [0.15, 0.2) is 0 Å². The van der Waals surface area contributed by atoms with Crippen LogP contribution in [0.25, 0.3) is 0 Å². The maximum atomic E-state index is 5.06. The molecule has 1 atom stereocenters. The van der Waals surface area contributed by atoms with Crippen molar-refractivity contribution in [1.82, 2.24) is 4.90 Å². The zero-order chi connectivity index (χ0) is 14.7. The second-order valence-corrected chi connectivity index (χ2v) is 5.95. The van der Waals surface area contributed by atoms with Crippen LogP contribution in [0.5, 0.6) is 0 Å². The number of hydrogen-bond acceptors (Lipinski definition) is 2. The fourth-order valence-corrected chi connectivity index (χ4v) is 2.88. The van der Waals surface area contributed by atoms with E-state index in [1.165, 1.54) is 16.7 Å². The molecule has 2 aromatic rings. The molecule has 3 rings (SSSR count). The van der Waals surface area contributed by atoms with Crippen molar-refractivity contribution >= 4 is 5.71 Å². The van der Waals surface area contributed by atoms with Gasteiger partial charge in [0.05, 0.1) is 11.8 Å². The number of aliphatic imine (C=N–C) groups is 1. The summed E-state index contributed by atoms with van der Waals surface area (Å²) in [7, 11) is 4.25. The lowest BCUT2D eigenvalue weighted by atomic mass is 9.89. The highest BCUT2D eigenvalue weighted by molar-refractivity contribution is 6.14. The Morgan fingerprint density at radius 1 is 1.00 bits per heavy atom. The fourth-order valence-electron chi connectivity index (χ4n) is 2.88.